The number of ether oxygens (including phenoxy) is 1. The number of halogens is 2. The van der Waals surface area contributed by atoms with Crippen LogP contribution in [0.15, 0.2) is 12.1 Å². The topological polar surface area (TPSA) is 38.3 Å². The summed E-state index contributed by atoms with van der Waals surface area (Å²) in [6.07, 6.45) is 0.418. The highest BCUT2D eigenvalue weighted by atomic mass is 19.2. The van der Waals surface area contributed by atoms with Crippen molar-refractivity contribution in [2.75, 3.05) is 13.7 Å². The molecule has 0 unspecified atom stereocenters. The highest BCUT2D eigenvalue weighted by Crippen LogP contribution is 2.20. The highest BCUT2D eigenvalue weighted by Gasteiger charge is 2.08. The van der Waals surface area contributed by atoms with Crippen LogP contribution in [-0.2, 0) is 4.79 Å². The summed E-state index contributed by atoms with van der Waals surface area (Å²) in [6.45, 7) is 1.82. The molecule has 1 amide bonds. The molecule has 0 aliphatic carbocycles. The predicted molar refractivity (Wildman–Crippen MR) is 63.1 cm³/mol. The summed E-state index contributed by atoms with van der Waals surface area (Å²) in [6, 6.07) is 1.94. The highest BCUT2D eigenvalue weighted by molar-refractivity contribution is 5.72. The summed E-state index contributed by atoms with van der Waals surface area (Å²) in [4.78, 5) is 10.6. The molecule has 1 rings (SSSR count). The summed E-state index contributed by atoms with van der Waals surface area (Å²) in [7, 11) is 1.36. The molecule has 0 aliphatic heterocycles. The van der Waals surface area contributed by atoms with Crippen molar-refractivity contribution in [3.8, 4) is 17.6 Å². The van der Waals surface area contributed by atoms with Gasteiger partial charge < -0.3 is 10.1 Å². The number of hydrogen-bond acceptors (Lipinski definition) is 2. The Labute approximate surface area is 104 Å². The van der Waals surface area contributed by atoms with E-state index in [1.807, 2.05) is 0 Å². The first-order valence-electron chi connectivity index (χ1n) is 5.31. The Morgan fingerprint density at radius 3 is 2.67 bits per heavy atom. The van der Waals surface area contributed by atoms with Gasteiger partial charge in [-0.2, -0.15) is 0 Å². The van der Waals surface area contributed by atoms with E-state index in [-0.39, 0.29) is 17.2 Å². The molecule has 0 bridgehead atoms. The smallest absolute Gasteiger partial charge is 0.216 e. The molecule has 0 aromatic heterocycles. The molecule has 96 valence electrons. The van der Waals surface area contributed by atoms with Crippen molar-refractivity contribution in [1.82, 2.24) is 5.32 Å². The van der Waals surface area contributed by atoms with Gasteiger partial charge in [-0.05, 0) is 6.07 Å². The third-order valence-corrected chi connectivity index (χ3v) is 2.09. The fourth-order valence-electron chi connectivity index (χ4n) is 1.25. The molecule has 1 aromatic rings. The molecule has 0 aliphatic rings. The molecule has 0 fully saturated rings. The van der Waals surface area contributed by atoms with Crippen LogP contribution in [0.2, 0.25) is 0 Å². The van der Waals surface area contributed by atoms with Gasteiger partial charge in [-0.25, -0.2) is 8.78 Å². The molecule has 18 heavy (non-hydrogen) atoms. The van der Waals surface area contributed by atoms with Gasteiger partial charge in [0.2, 0.25) is 5.91 Å². The minimum absolute atomic E-state index is 0.137. The van der Waals surface area contributed by atoms with E-state index in [0.29, 0.717) is 13.0 Å². The van der Waals surface area contributed by atoms with Crippen molar-refractivity contribution in [2.45, 2.75) is 13.3 Å². The van der Waals surface area contributed by atoms with Gasteiger partial charge in [-0.3, -0.25) is 4.79 Å². The fourth-order valence-corrected chi connectivity index (χ4v) is 1.25. The van der Waals surface area contributed by atoms with Crippen LogP contribution in [0.1, 0.15) is 18.9 Å². The Bertz CT molecular complexity index is 504. The van der Waals surface area contributed by atoms with Crippen molar-refractivity contribution in [3.63, 3.8) is 0 Å². The molecule has 0 radical (unpaired) electrons. The van der Waals surface area contributed by atoms with Crippen molar-refractivity contribution in [1.29, 1.82) is 0 Å². The van der Waals surface area contributed by atoms with Crippen LogP contribution in [0.25, 0.3) is 0 Å². The zero-order chi connectivity index (χ0) is 13.5. The lowest BCUT2D eigenvalue weighted by molar-refractivity contribution is -0.118. The van der Waals surface area contributed by atoms with Gasteiger partial charge >= 0.3 is 0 Å². The second kappa shape index (κ2) is 6.60. The van der Waals surface area contributed by atoms with Crippen LogP contribution in [0.3, 0.4) is 0 Å². The van der Waals surface area contributed by atoms with Crippen LogP contribution in [0.5, 0.6) is 5.75 Å². The van der Waals surface area contributed by atoms with E-state index < -0.39 is 11.6 Å². The van der Waals surface area contributed by atoms with Crippen molar-refractivity contribution in [2.24, 2.45) is 0 Å². The molecule has 0 saturated carbocycles. The SMILES string of the molecule is COc1cc(F)c(F)cc1C#CCCNC(C)=O. The van der Waals surface area contributed by atoms with Crippen molar-refractivity contribution in [3.05, 3.63) is 29.3 Å². The summed E-state index contributed by atoms with van der Waals surface area (Å²) in [5.74, 6) is 3.52. The average molecular weight is 253 g/mol. The standard InChI is InChI=1S/C13H13F2NO2/c1-9(17)16-6-4-3-5-10-7-11(14)12(15)8-13(10)18-2/h7-8H,4,6H2,1-2H3,(H,16,17). The molecule has 0 heterocycles. The maximum atomic E-state index is 13.0. The molecule has 0 atom stereocenters. The van der Waals surface area contributed by atoms with Crippen molar-refractivity contribution < 1.29 is 18.3 Å². The minimum atomic E-state index is -0.976. The molecule has 0 saturated heterocycles. The number of nitrogens with one attached hydrogen (secondary N) is 1. The van der Waals surface area contributed by atoms with Crippen LogP contribution < -0.4 is 10.1 Å². The Morgan fingerprint density at radius 2 is 2.06 bits per heavy atom. The third-order valence-electron chi connectivity index (χ3n) is 2.09. The molecule has 1 N–H and O–H groups in total. The summed E-state index contributed by atoms with van der Waals surface area (Å²) < 4.78 is 30.8. The Hall–Kier alpha value is -2.09. The zero-order valence-corrected chi connectivity index (χ0v) is 10.1. The summed E-state index contributed by atoms with van der Waals surface area (Å²) in [5, 5.41) is 2.57. The first kappa shape index (κ1) is 14.0. The van der Waals surface area contributed by atoms with E-state index in [4.69, 9.17) is 4.74 Å². The fraction of sp³-hybridized carbons (Fsp3) is 0.308. The lowest BCUT2D eigenvalue weighted by atomic mass is 10.2. The van der Waals surface area contributed by atoms with Crippen molar-refractivity contribution >= 4 is 5.91 Å². The maximum Gasteiger partial charge on any atom is 0.216 e. The predicted octanol–water partition coefficient (Wildman–Crippen LogP) is 1.85. The lowest BCUT2D eigenvalue weighted by Crippen LogP contribution is -2.20. The average Bonchev–Trinajstić information content (AvgIpc) is 2.32. The lowest BCUT2D eigenvalue weighted by Gasteiger charge is -2.03. The molecular formula is C13H13F2NO2. The first-order chi connectivity index (χ1) is 8.54. The normalized spacial score (nSPS) is 9.33. The maximum absolute atomic E-state index is 13.0. The van der Waals surface area contributed by atoms with E-state index in [1.54, 1.807) is 0 Å². The van der Waals surface area contributed by atoms with Crippen LogP contribution in [-0.4, -0.2) is 19.6 Å². The Morgan fingerprint density at radius 1 is 1.39 bits per heavy atom. The molecule has 5 heteroatoms. The van der Waals surface area contributed by atoms with Gasteiger partial charge in [-0.15, -0.1) is 0 Å². The molecule has 1 aromatic carbocycles. The number of benzene rings is 1. The molecular weight excluding hydrogens is 240 g/mol. The third kappa shape index (κ3) is 4.06. The van der Waals surface area contributed by atoms with E-state index in [1.165, 1.54) is 14.0 Å². The molecule has 3 nitrogen and oxygen atoms in total. The second-order valence-corrected chi connectivity index (χ2v) is 3.50. The van der Waals surface area contributed by atoms with Crippen LogP contribution >= 0.6 is 0 Å². The number of amides is 1. The van der Waals surface area contributed by atoms with Gasteiger partial charge in [-0.1, -0.05) is 11.8 Å². The van der Waals surface area contributed by atoms with Gasteiger partial charge in [0, 0.05) is 26.0 Å². The first-order valence-corrected chi connectivity index (χ1v) is 5.31. The summed E-state index contributed by atoms with van der Waals surface area (Å²) in [5.41, 5.74) is 0.277. The number of rotatable bonds is 3. The number of carbonyl (C=O) groups is 1. The quantitative estimate of drug-likeness (QED) is 0.659. The Kier molecular flexibility index (Phi) is 5.12. The van der Waals surface area contributed by atoms with Gasteiger partial charge in [0.1, 0.15) is 5.75 Å². The number of hydrogen-bond donors (Lipinski definition) is 1. The number of methoxy groups -OCH3 is 1. The minimum Gasteiger partial charge on any atom is -0.495 e. The van der Waals surface area contributed by atoms with E-state index in [2.05, 4.69) is 17.2 Å². The van der Waals surface area contributed by atoms with Crippen LogP contribution in [0, 0.1) is 23.5 Å². The zero-order valence-electron chi connectivity index (χ0n) is 10.1. The van der Waals surface area contributed by atoms with E-state index >= 15 is 0 Å². The van der Waals surface area contributed by atoms with Gasteiger partial charge in [0.05, 0.1) is 12.7 Å². The second-order valence-electron chi connectivity index (χ2n) is 3.50. The van der Waals surface area contributed by atoms with E-state index in [9.17, 15) is 13.6 Å². The van der Waals surface area contributed by atoms with Gasteiger partial charge in [0.15, 0.2) is 11.6 Å². The van der Waals surface area contributed by atoms with E-state index in [0.717, 1.165) is 12.1 Å². The largest absolute Gasteiger partial charge is 0.495 e. The number of carbonyl (C=O) groups excluding carboxylic acids is 1. The van der Waals surface area contributed by atoms with Gasteiger partial charge in [0.25, 0.3) is 0 Å². The monoisotopic (exact) mass is 253 g/mol. The van der Waals surface area contributed by atoms with Crippen LogP contribution in [0.4, 0.5) is 8.78 Å². The molecule has 0 spiro atoms. The Balaban J connectivity index is 2.74. The summed E-state index contributed by atoms with van der Waals surface area (Å²) >= 11 is 0.